The van der Waals surface area contributed by atoms with Crippen LogP contribution < -0.4 is 0 Å². The molecular weight excluding hydrogens is 268 g/mol. The van der Waals surface area contributed by atoms with Gasteiger partial charge in [0.15, 0.2) is 11.7 Å². The molecule has 0 radical (unpaired) electrons. The summed E-state index contributed by atoms with van der Waals surface area (Å²) in [5, 5.41) is 0. The summed E-state index contributed by atoms with van der Waals surface area (Å²) < 4.78 is 0. The first-order chi connectivity index (χ1) is 9.43. The van der Waals surface area contributed by atoms with Gasteiger partial charge in [-0.25, -0.2) is 19.6 Å². The van der Waals surface area contributed by atoms with Gasteiger partial charge >= 0.3 is 0 Å². The monoisotopic (exact) mass is 300 g/mol. The fraction of sp³-hybridized carbons (Fsp3) is 0.882. The van der Waals surface area contributed by atoms with Crippen molar-refractivity contribution in [2.75, 3.05) is 0 Å². The molecule has 0 saturated heterocycles. The van der Waals surface area contributed by atoms with Crippen LogP contribution in [0.15, 0.2) is 0 Å². The summed E-state index contributed by atoms with van der Waals surface area (Å²) in [6.07, 6.45) is 1.38. The lowest BCUT2D eigenvalue weighted by molar-refractivity contribution is -0.388. The van der Waals surface area contributed by atoms with Crippen molar-refractivity contribution in [3.63, 3.8) is 0 Å². The second kappa shape index (κ2) is 8.14. The van der Waals surface area contributed by atoms with Gasteiger partial charge in [-0.3, -0.25) is 0 Å². The zero-order chi connectivity index (χ0) is 16.7. The van der Waals surface area contributed by atoms with E-state index in [1.165, 1.54) is 0 Å². The Morgan fingerprint density at radius 3 is 1.76 bits per heavy atom. The topological polar surface area (TPSA) is 36.9 Å². The summed E-state index contributed by atoms with van der Waals surface area (Å²) in [6.45, 7) is 17.5. The van der Waals surface area contributed by atoms with E-state index in [4.69, 9.17) is 19.6 Å². The van der Waals surface area contributed by atoms with Crippen molar-refractivity contribution in [2.45, 2.75) is 98.1 Å². The molecule has 0 aromatic rings. The van der Waals surface area contributed by atoms with Crippen molar-refractivity contribution >= 4 is 0 Å². The van der Waals surface area contributed by atoms with Crippen LogP contribution in [0, 0.1) is 11.8 Å². The molecular formula is C17H32O4. The van der Waals surface area contributed by atoms with Gasteiger partial charge in [-0.1, -0.05) is 25.7 Å². The fourth-order valence-corrected chi connectivity index (χ4v) is 0.858. The molecule has 4 nitrogen and oxygen atoms in total. The van der Waals surface area contributed by atoms with E-state index in [9.17, 15) is 0 Å². The standard InChI is InChI=1S/C17H32O4/c1-10-15(4,5)19-18-14(3)12-13-17(8,9)21-20-16(6,7)11-2/h14H,10-11H2,1-9H3. The van der Waals surface area contributed by atoms with Gasteiger partial charge < -0.3 is 0 Å². The highest BCUT2D eigenvalue weighted by Crippen LogP contribution is 2.19. The first-order valence-corrected chi connectivity index (χ1v) is 7.67. The van der Waals surface area contributed by atoms with Gasteiger partial charge in [0.2, 0.25) is 0 Å². The molecule has 0 rings (SSSR count). The lowest BCUT2D eigenvalue weighted by atomic mass is 10.1. The van der Waals surface area contributed by atoms with Crippen LogP contribution in [0.3, 0.4) is 0 Å². The lowest BCUT2D eigenvalue weighted by Gasteiger charge is -2.27. The summed E-state index contributed by atoms with van der Waals surface area (Å²) in [5.41, 5.74) is -1.34. The second-order valence-electron chi connectivity index (χ2n) is 6.99. The molecule has 124 valence electrons. The Morgan fingerprint density at radius 2 is 1.29 bits per heavy atom. The normalized spacial score (nSPS) is 14.5. The van der Waals surface area contributed by atoms with E-state index in [2.05, 4.69) is 11.8 Å². The molecule has 0 bridgehead atoms. The van der Waals surface area contributed by atoms with Crippen LogP contribution in [0.1, 0.15) is 75.2 Å². The van der Waals surface area contributed by atoms with Gasteiger partial charge in [0.1, 0.15) is 0 Å². The van der Waals surface area contributed by atoms with E-state index < -0.39 is 5.60 Å². The average Bonchev–Trinajstić information content (AvgIpc) is 2.41. The van der Waals surface area contributed by atoms with E-state index >= 15 is 0 Å². The van der Waals surface area contributed by atoms with Crippen LogP contribution in [0.5, 0.6) is 0 Å². The van der Waals surface area contributed by atoms with E-state index in [1.807, 2.05) is 62.3 Å². The summed E-state index contributed by atoms with van der Waals surface area (Å²) >= 11 is 0. The van der Waals surface area contributed by atoms with Crippen molar-refractivity contribution in [3.05, 3.63) is 0 Å². The maximum absolute atomic E-state index is 5.43. The molecule has 4 heteroatoms. The zero-order valence-electron chi connectivity index (χ0n) is 15.1. The van der Waals surface area contributed by atoms with E-state index in [1.54, 1.807) is 0 Å². The second-order valence-corrected chi connectivity index (χ2v) is 6.99. The van der Waals surface area contributed by atoms with E-state index in [0.717, 1.165) is 12.8 Å². The molecule has 0 aromatic carbocycles. The smallest absolute Gasteiger partial charge is 0.158 e. The molecule has 1 atom stereocenters. The van der Waals surface area contributed by atoms with Crippen LogP contribution in [0.4, 0.5) is 0 Å². The molecule has 0 N–H and O–H groups in total. The quantitative estimate of drug-likeness (QED) is 0.377. The molecule has 1 unspecified atom stereocenters. The van der Waals surface area contributed by atoms with Gasteiger partial charge in [0.25, 0.3) is 0 Å². The molecule has 0 heterocycles. The van der Waals surface area contributed by atoms with Crippen LogP contribution in [-0.2, 0) is 19.6 Å². The first-order valence-electron chi connectivity index (χ1n) is 7.67. The van der Waals surface area contributed by atoms with Crippen molar-refractivity contribution < 1.29 is 19.6 Å². The van der Waals surface area contributed by atoms with Crippen molar-refractivity contribution in [1.82, 2.24) is 0 Å². The molecule has 0 aliphatic heterocycles. The molecule has 0 saturated carbocycles. The highest BCUT2D eigenvalue weighted by atomic mass is 17.2. The van der Waals surface area contributed by atoms with Crippen molar-refractivity contribution in [1.29, 1.82) is 0 Å². The summed E-state index contributed by atoms with van der Waals surface area (Å²) in [5.74, 6) is 5.98. The fourth-order valence-electron chi connectivity index (χ4n) is 0.858. The predicted octanol–water partition coefficient (Wildman–Crippen LogP) is 4.43. The predicted molar refractivity (Wildman–Crippen MR) is 84.4 cm³/mol. The number of hydrogen-bond acceptors (Lipinski definition) is 4. The molecule has 0 spiro atoms. The van der Waals surface area contributed by atoms with Gasteiger partial charge in [-0.2, -0.15) is 0 Å². The molecule has 0 amide bonds. The Hall–Kier alpha value is -0.600. The largest absolute Gasteiger partial charge is 0.229 e. The zero-order valence-corrected chi connectivity index (χ0v) is 15.1. The number of rotatable bonds is 8. The molecule has 21 heavy (non-hydrogen) atoms. The molecule has 0 fully saturated rings. The molecule has 0 aromatic heterocycles. The first kappa shape index (κ1) is 20.4. The van der Waals surface area contributed by atoms with E-state index in [-0.39, 0.29) is 17.3 Å². The van der Waals surface area contributed by atoms with E-state index in [0.29, 0.717) is 0 Å². The third-order valence-corrected chi connectivity index (χ3v) is 3.17. The van der Waals surface area contributed by atoms with Crippen LogP contribution in [0.2, 0.25) is 0 Å². The van der Waals surface area contributed by atoms with Crippen LogP contribution in [-0.4, -0.2) is 22.9 Å². The Labute approximate surface area is 130 Å². The highest BCUT2D eigenvalue weighted by Gasteiger charge is 2.24. The summed E-state index contributed by atoms with van der Waals surface area (Å²) in [7, 11) is 0. The van der Waals surface area contributed by atoms with Crippen LogP contribution in [0.25, 0.3) is 0 Å². The minimum atomic E-state index is -0.704. The third-order valence-electron chi connectivity index (χ3n) is 3.17. The van der Waals surface area contributed by atoms with Crippen molar-refractivity contribution in [3.8, 4) is 11.8 Å². The Kier molecular flexibility index (Phi) is 7.91. The SMILES string of the molecule is CCC(C)(C)OOC(C)C#CC(C)(C)OOC(C)(C)CC. The van der Waals surface area contributed by atoms with Crippen LogP contribution >= 0.6 is 0 Å². The van der Waals surface area contributed by atoms with Gasteiger partial charge in [0, 0.05) is 0 Å². The Balaban J connectivity index is 4.39. The average molecular weight is 300 g/mol. The Bertz CT molecular complexity index is 361. The maximum atomic E-state index is 5.43. The summed E-state index contributed by atoms with van der Waals surface area (Å²) in [6, 6.07) is 0. The number of hydrogen-bond donors (Lipinski definition) is 0. The van der Waals surface area contributed by atoms with Gasteiger partial charge in [-0.05, 0) is 61.3 Å². The van der Waals surface area contributed by atoms with Crippen molar-refractivity contribution in [2.24, 2.45) is 0 Å². The lowest BCUT2D eigenvalue weighted by Crippen LogP contribution is -2.31. The van der Waals surface area contributed by atoms with Gasteiger partial charge in [0.05, 0.1) is 11.2 Å². The minimum Gasteiger partial charge on any atom is -0.229 e. The van der Waals surface area contributed by atoms with Gasteiger partial charge in [-0.15, -0.1) is 0 Å². The Morgan fingerprint density at radius 1 is 0.810 bits per heavy atom. The highest BCUT2D eigenvalue weighted by molar-refractivity contribution is 5.13. The minimum absolute atomic E-state index is 0.309. The summed E-state index contributed by atoms with van der Waals surface area (Å²) in [4.78, 5) is 21.5. The third kappa shape index (κ3) is 9.87. The maximum Gasteiger partial charge on any atom is 0.158 e. The molecule has 0 aliphatic carbocycles. The molecule has 0 aliphatic rings.